The van der Waals surface area contributed by atoms with E-state index in [9.17, 15) is 9.59 Å². The van der Waals surface area contributed by atoms with Crippen molar-refractivity contribution in [1.82, 2.24) is 10.6 Å². The van der Waals surface area contributed by atoms with Gasteiger partial charge in [0.05, 0.1) is 6.10 Å². The van der Waals surface area contributed by atoms with E-state index in [-0.39, 0.29) is 12.0 Å². The third kappa shape index (κ3) is 6.75. The van der Waals surface area contributed by atoms with Gasteiger partial charge in [0, 0.05) is 13.2 Å². The van der Waals surface area contributed by atoms with Crippen LogP contribution < -0.4 is 10.6 Å². The number of hydrogen-bond donors (Lipinski definition) is 2. The second-order valence-corrected chi connectivity index (χ2v) is 6.10. The number of rotatable bonds is 4. The van der Waals surface area contributed by atoms with Gasteiger partial charge in [-0.05, 0) is 47.0 Å². The molecule has 6 heteroatoms. The molecule has 0 unspecified atom stereocenters. The smallest absolute Gasteiger partial charge is 0.408 e. The molecule has 0 radical (unpaired) electrons. The third-order valence-corrected chi connectivity index (χ3v) is 2.90. The van der Waals surface area contributed by atoms with Crippen molar-refractivity contribution < 1.29 is 19.1 Å². The van der Waals surface area contributed by atoms with E-state index in [1.165, 1.54) is 0 Å². The van der Waals surface area contributed by atoms with E-state index in [1.54, 1.807) is 27.7 Å². The monoisotopic (exact) mass is 286 g/mol. The van der Waals surface area contributed by atoms with Crippen LogP contribution in [0.2, 0.25) is 0 Å². The van der Waals surface area contributed by atoms with E-state index in [1.807, 2.05) is 0 Å². The molecule has 0 bridgehead atoms. The van der Waals surface area contributed by atoms with Gasteiger partial charge in [-0.1, -0.05) is 0 Å². The Bertz CT molecular complexity index is 333. The second kappa shape index (κ2) is 7.47. The van der Waals surface area contributed by atoms with Crippen LogP contribution in [-0.4, -0.2) is 42.9 Å². The normalized spacial score (nSPS) is 20.9. The molecule has 1 aliphatic rings. The standard InChI is InChI=1S/C14H26N2O4/c1-10(16-13(18)20-14(2,3)4)12(17)15-9-11-7-5-6-8-19-11/h10-11H,5-9H2,1-4H3,(H,15,17)(H,16,18)/t10-,11+/m1/s1. The lowest BCUT2D eigenvalue weighted by Gasteiger charge is -2.24. The Morgan fingerprint density at radius 2 is 2.05 bits per heavy atom. The van der Waals surface area contributed by atoms with Crippen molar-refractivity contribution in [1.29, 1.82) is 0 Å². The van der Waals surface area contributed by atoms with Gasteiger partial charge in [0.1, 0.15) is 11.6 Å². The average molecular weight is 286 g/mol. The maximum atomic E-state index is 11.8. The fourth-order valence-corrected chi connectivity index (χ4v) is 1.89. The van der Waals surface area contributed by atoms with Gasteiger partial charge in [-0.2, -0.15) is 0 Å². The minimum absolute atomic E-state index is 0.0847. The predicted octanol–water partition coefficient (Wildman–Crippen LogP) is 1.58. The van der Waals surface area contributed by atoms with Gasteiger partial charge < -0.3 is 20.1 Å². The first kappa shape index (κ1) is 16.8. The highest BCUT2D eigenvalue weighted by atomic mass is 16.6. The number of carbonyl (C=O) groups is 2. The molecule has 0 aliphatic carbocycles. The van der Waals surface area contributed by atoms with Crippen LogP contribution in [0.3, 0.4) is 0 Å². The summed E-state index contributed by atoms with van der Waals surface area (Å²) in [5.41, 5.74) is -0.573. The zero-order valence-corrected chi connectivity index (χ0v) is 12.8. The Balaban J connectivity index is 2.26. The Hall–Kier alpha value is -1.30. The van der Waals surface area contributed by atoms with Crippen molar-refractivity contribution in [2.24, 2.45) is 0 Å². The number of alkyl carbamates (subject to hydrolysis) is 1. The van der Waals surface area contributed by atoms with E-state index in [4.69, 9.17) is 9.47 Å². The maximum Gasteiger partial charge on any atom is 0.408 e. The van der Waals surface area contributed by atoms with Crippen molar-refractivity contribution in [3.63, 3.8) is 0 Å². The van der Waals surface area contributed by atoms with Crippen LogP contribution in [0.4, 0.5) is 4.79 Å². The van der Waals surface area contributed by atoms with E-state index >= 15 is 0 Å². The van der Waals surface area contributed by atoms with Crippen LogP contribution in [0.15, 0.2) is 0 Å². The first-order valence-corrected chi connectivity index (χ1v) is 7.17. The summed E-state index contributed by atoms with van der Waals surface area (Å²) in [5, 5.41) is 5.30. The summed E-state index contributed by atoms with van der Waals surface area (Å²) in [5.74, 6) is -0.231. The minimum Gasteiger partial charge on any atom is -0.444 e. The Kier molecular flexibility index (Phi) is 6.26. The molecule has 1 heterocycles. The molecule has 116 valence electrons. The molecule has 1 fully saturated rings. The van der Waals surface area contributed by atoms with E-state index in [2.05, 4.69) is 10.6 Å². The van der Waals surface area contributed by atoms with Crippen molar-refractivity contribution in [3.8, 4) is 0 Å². The highest BCUT2D eigenvalue weighted by Crippen LogP contribution is 2.11. The van der Waals surface area contributed by atoms with Gasteiger partial charge >= 0.3 is 6.09 Å². The lowest BCUT2D eigenvalue weighted by atomic mass is 10.1. The molecule has 0 aromatic carbocycles. The third-order valence-electron chi connectivity index (χ3n) is 2.90. The molecule has 0 spiro atoms. The molecular weight excluding hydrogens is 260 g/mol. The van der Waals surface area contributed by atoms with Gasteiger partial charge in [-0.25, -0.2) is 4.79 Å². The van der Waals surface area contributed by atoms with E-state index in [0.717, 1.165) is 25.9 Å². The summed E-state index contributed by atoms with van der Waals surface area (Å²) >= 11 is 0. The zero-order chi connectivity index (χ0) is 15.2. The van der Waals surface area contributed by atoms with Crippen LogP contribution in [0.25, 0.3) is 0 Å². The van der Waals surface area contributed by atoms with Crippen LogP contribution in [0.1, 0.15) is 47.0 Å². The SMILES string of the molecule is C[C@@H](NC(=O)OC(C)(C)C)C(=O)NC[C@@H]1CCCCO1. The highest BCUT2D eigenvalue weighted by Gasteiger charge is 2.22. The van der Waals surface area contributed by atoms with Crippen molar-refractivity contribution >= 4 is 12.0 Å². The fraction of sp³-hybridized carbons (Fsp3) is 0.857. The number of carbonyl (C=O) groups excluding carboxylic acids is 2. The van der Waals surface area contributed by atoms with E-state index in [0.29, 0.717) is 6.54 Å². The molecule has 2 amide bonds. The molecular formula is C14H26N2O4. The topological polar surface area (TPSA) is 76.7 Å². The highest BCUT2D eigenvalue weighted by molar-refractivity contribution is 5.85. The summed E-state index contributed by atoms with van der Waals surface area (Å²) in [6, 6.07) is -0.631. The quantitative estimate of drug-likeness (QED) is 0.822. The Morgan fingerprint density at radius 3 is 2.60 bits per heavy atom. The number of ether oxygens (including phenoxy) is 2. The number of hydrogen-bond acceptors (Lipinski definition) is 4. The summed E-state index contributed by atoms with van der Waals surface area (Å²) in [6.07, 6.45) is 2.68. The van der Waals surface area contributed by atoms with Crippen molar-refractivity contribution in [2.75, 3.05) is 13.2 Å². The van der Waals surface area contributed by atoms with Gasteiger partial charge in [0.2, 0.25) is 5.91 Å². The minimum atomic E-state index is -0.631. The molecule has 0 saturated carbocycles. The fourth-order valence-electron chi connectivity index (χ4n) is 1.89. The molecule has 1 aliphatic heterocycles. The van der Waals surface area contributed by atoms with Crippen LogP contribution in [0, 0.1) is 0 Å². The van der Waals surface area contributed by atoms with Gasteiger partial charge in [-0.15, -0.1) is 0 Å². The van der Waals surface area contributed by atoms with Gasteiger partial charge in [0.15, 0.2) is 0 Å². The molecule has 6 nitrogen and oxygen atoms in total. The first-order chi connectivity index (χ1) is 9.28. The molecule has 0 aromatic heterocycles. The lowest BCUT2D eigenvalue weighted by Crippen LogP contribution is -2.48. The van der Waals surface area contributed by atoms with Gasteiger partial charge in [-0.3, -0.25) is 4.79 Å². The first-order valence-electron chi connectivity index (χ1n) is 7.17. The molecule has 2 atom stereocenters. The second-order valence-electron chi connectivity index (χ2n) is 6.10. The summed E-state index contributed by atoms with van der Waals surface area (Å²) in [7, 11) is 0. The Labute approximate surface area is 120 Å². The number of nitrogens with one attached hydrogen (secondary N) is 2. The molecule has 2 N–H and O–H groups in total. The van der Waals surface area contributed by atoms with Crippen molar-refractivity contribution in [3.05, 3.63) is 0 Å². The van der Waals surface area contributed by atoms with E-state index < -0.39 is 17.7 Å². The van der Waals surface area contributed by atoms with Crippen LogP contribution >= 0.6 is 0 Å². The molecule has 20 heavy (non-hydrogen) atoms. The summed E-state index contributed by atoms with van der Waals surface area (Å²) in [4.78, 5) is 23.4. The molecule has 1 rings (SSSR count). The van der Waals surface area contributed by atoms with Crippen LogP contribution in [-0.2, 0) is 14.3 Å². The average Bonchev–Trinajstić information content (AvgIpc) is 2.34. The number of amides is 2. The van der Waals surface area contributed by atoms with Gasteiger partial charge in [0.25, 0.3) is 0 Å². The summed E-state index contributed by atoms with van der Waals surface area (Å²) in [6.45, 7) is 8.19. The van der Waals surface area contributed by atoms with Crippen LogP contribution in [0.5, 0.6) is 0 Å². The van der Waals surface area contributed by atoms with Crippen molar-refractivity contribution in [2.45, 2.75) is 64.7 Å². The predicted molar refractivity (Wildman–Crippen MR) is 75.4 cm³/mol. The molecule has 1 saturated heterocycles. The summed E-state index contributed by atoms with van der Waals surface area (Å²) < 4.78 is 10.6. The maximum absolute atomic E-state index is 11.8. The molecule has 0 aromatic rings. The largest absolute Gasteiger partial charge is 0.444 e. The lowest BCUT2D eigenvalue weighted by molar-refractivity contribution is -0.123. The Morgan fingerprint density at radius 1 is 1.35 bits per heavy atom. The zero-order valence-electron chi connectivity index (χ0n) is 12.8.